The number of hydrogen-bond acceptors (Lipinski definition) is 4. The molecule has 0 bridgehead atoms. The first-order valence-electron chi connectivity index (χ1n) is 12.2. The van der Waals surface area contributed by atoms with Gasteiger partial charge in [-0.1, -0.05) is 18.6 Å². The van der Waals surface area contributed by atoms with Gasteiger partial charge in [0.05, 0.1) is 29.7 Å². The SMILES string of the molecule is COC(=O)N1c2ccc3c(nc(Cc4cccc(F)c4)n3[C@@H]3CCC[C@@H](C(=O)O)C3)c2CCC1C. The van der Waals surface area contributed by atoms with Gasteiger partial charge in [-0.05, 0) is 68.9 Å². The topological polar surface area (TPSA) is 84.7 Å². The van der Waals surface area contributed by atoms with Crippen LogP contribution in [-0.2, 0) is 22.4 Å². The Morgan fingerprint density at radius 2 is 2.03 bits per heavy atom. The number of aliphatic carboxylic acids is 1. The van der Waals surface area contributed by atoms with Crippen LogP contribution in [0.25, 0.3) is 11.0 Å². The van der Waals surface area contributed by atoms with Gasteiger partial charge in [0, 0.05) is 24.1 Å². The number of carbonyl (C=O) groups is 2. The summed E-state index contributed by atoms with van der Waals surface area (Å²) < 4.78 is 21.2. The van der Waals surface area contributed by atoms with Crippen molar-refractivity contribution in [3.8, 4) is 0 Å². The van der Waals surface area contributed by atoms with Gasteiger partial charge in [0.1, 0.15) is 11.6 Å². The van der Waals surface area contributed by atoms with E-state index in [-0.39, 0.29) is 23.8 Å². The van der Waals surface area contributed by atoms with Gasteiger partial charge < -0.3 is 14.4 Å². The van der Waals surface area contributed by atoms with E-state index in [1.165, 1.54) is 19.2 Å². The summed E-state index contributed by atoms with van der Waals surface area (Å²) in [6, 6.07) is 10.4. The number of hydrogen-bond donors (Lipinski definition) is 1. The number of aryl methyl sites for hydroxylation is 1. The minimum atomic E-state index is -0.758. The highest BCUT2D eigenvalue weighted by Crippen LogP contribution is 2.40. The summed E-state index contributed by atoms with van der Waals surface area (Å²) in [5.41, 5.74) is 4.37. The predicted molar refractivity (Wildman–Crippen MR) is 130 cm³/mol. The minimum absolute atomic E-state index is 0.00400. The Kier molecular flexibility index (Phi) is 6.21. The molecule has 1 N–H and O–H groups in total. The van der Waals surface area contributed by atoms with Crippen LogP contribution in [0.15, 0.2) is 36.4 Å². The molecule has 0 radical (unpaired) electrons. The Labute approximate surface area is 203 Å². The van der Waals surface area contributed by atoms with Gasteiger partial charge >= 0.3 is 12.1 Å². The van der Waals surface area contributed by atoms with Crippen LogP contribution in [0, 0.1) is 11.7 Å². The van der Waals surface area contributed by atoms with Crippen LogP contribution in [-0.4, -0.2) is 39.9 Å². The first kappa shape index (κ1) is 23.3. The molecule has 1 amide bonds. The van der Waals surface area contributed by atoms with Crippen LogP contribution < -0.4 is 4.90 Å². The lowest BCUT2D eigenvalue weighted by atomic mass is 9.85. The molecule has 3 atom stereocenters. The summed E-state index contributed by atoms with van der Waals surface area (Å²) in [4.78, 5) is 31.1. The summed E-state index contributed by atoms with van der Waals surface area (Å²) in [5, 5.41) is 9.67. The number of fused-ring (bicyclic) bond motifs is 3. The molecule has 2 heterocycles. The number of nitrogens with zero attached hydrogens (tertiary/aromatic N) is 3. The Morgan fingerprint density at radius 3 is 2.77 bits per heavy atom. The molecule has 2 aromatic carbocycles. The number of imidazole rings is 1. The van der Waals surface area contributed by atoms with Gasteiger partial charge in [-0.15, -0.1) is 0 Å². The molecule has 1 aliphatic heterocycles. The van der Waals surface area contributed by atoms with Crippen molar-refractivity contribution in [1.82, 2.24) is 9.55 Å². The third kappa shape index (κ3) is 4.26. The lowest BCUT2D eigenvalue weighted by molar-refractivity contribution is -0.143. The van der Waals surface area contributed by atoms with Crippen molar-refractivity contribution in [3.05, 3.63) is 59.2 Å². The second-order valence-electron chi connectivity index (χ2n) is 9.72. The van der Waals surface area contributed by atoms with Crippen LogP contribution in [0.5, 0.6) is 0 Å². The molecule has 0 spiro atoms. The molecule has 1 aliphatic carbocycles. The highest BCUT2D eigenvalue weighted by Gasteiger charge is 2.34. The minimum Gasteiger partial charge on any atom is -0.481 e. The molecular formula is C27H30FN3O4. The van der Waals surface area contributed by atoms with E-state index in [1.807, 2.05) is 25.1 Å². The fourth-order valence-corrected chi connectivity index (χ4v) is 5.81. The van der Waals surface area contributed by atoms with E-state index in [0.717, 1.165) is 59.4 Å². The highest BCUT2D eigenvalue weighted by molar-refractivity contribution is 5.95. The molecule has 8 heteroatoms. The third-order valence-corrected chi connectivity index (χ3v) is 7.51. The summed E-state index contributed by atoms with van der Waals surface area (Å²) in [5.74, 6) is -0.653. The fraction of sp³-hybridized carbons (Fsp3) is 0.444. The number of rotatable bonds is 4. The number of aromatic nitrogens is 2. The number of ether oxygens (including phenoxy) is 1. The van der Waals surface area contributed by atoms with Crippen molar-refractivity contribution >= 4 is 28.8 Å². The second kappa shape index (κ2) is 9.32. The van der Waals surface area contributed by atoms with E-state index in [2.05, 4.69) is 4.57 Å². The number of amides is 1. The van der Waals surface area contributed by atoms with Crippen molar-refractivity contribution in [2.75, 3.05) is 12.0 Å². The van der Waals surface area contributed by atoms with E-state index >= 15 is 0 Å². The molecule has 1 saturated carbocycles. The standard InChI is InChI=1S/C27H30FN3O4/c1-16-9-10-21-22(30(16)27(34)35-2)11-12-23-25(21)29-24(14-17-5-3-7-19(28)13-17)31(23)20-8-4-6-18(15-20)26(32)33/h3,5,7,11-13,16,18,20H,4,6,8-10,14-15H2,1-2H3,(H,32,33)/t16?,18-,20-/m1/s1. The van der Waals surface area contributed by atoms with Crippen molar-refractivity contribution in [2.24, 2.45) is 5.92 Å². The van der Waals surface area contributed by atoms with Crippen LogP contribution in [0.4, 0.5) is 14.9 Å². The largest absolute Gasteiger partial charge is 0.481 e. The number of benzene rings is 2. The summed E-state index contributed by atoms with van der Waals surface area (Å²) in [6.45, 7) is 2.01. The van der Waals surface area contributed by atoms with E-state index in [4.69, 9.17) is 9.72 Å². The van der Waals surface area contributed by atoms with E-state index in [0.29, 0.717) is 19.3 Å². The monoisotopic (exact) mass is 479 g/mol. The summed E-state index contributed by atoms with van der Waals surface area (Å²) in [7, 11) is 1.38. The average molecular weight is 480 g/mol. The lowest BCUT2D eigenvalue weighted by Crippen LogP contribution is -2.42. The summed E-state index contributed by atoms with van der Waals surface area (Å²) in [6.07, 6.45) is 4.53. The van der Waals surface area contributed by atoms with Gasteiger partial charge in [-0.3, -0.25) is 9.69 Å². The Balaban J connectivity index is 1.66. The quantitative estimate of drug-likeness (QED) is 0.535. The van der Waals surface area contributed by atoms with Crippen LogP contribution in [0.3, 0.4) is 0 Å². The fourth-order valence-electron chi connectivity index (χ4n) is 5.81. The molecule has 1 unspecified atom stereocenters. The normalized spacial score (nSPS) is 22.1. The van der Waals surface area contributed by atoms with Gasteiger partial charge in [-0.25, -0.2) is 14.2 Å². The maximum absolute atomic E-state index is 13.9. The third-order valence-electron chi connectivity index (χ3n) is 7.51. The van der Waals surface area contributed by atoms with Gasteiger partial charge in [0.25, 0.3) is 0 Å². The Bertz CT molecular complexity index is 1290. The summed E-state index contributed by atoms with van der Waals surface area (Å²) >= 11 is 0. The van der Waals surface area contributed by atoms with Crippen molar-refractivity contribution < 1.29 is 23.8 Å². The number of carboxylic acids is 1. The van der Waals surface area contributed by atoms with E-state index < -0.39 is 12.1 Å². The van der Waals surface area contributed by atoms with Crippen LogP contribution in [0.2, 0.25) is 0 Å². The molecule has 2 aliphatic rings. The molecule has 3 aromatic rings. The molecule has 7 nitrogen and oxygen atoms in total. The molecule has 35 heavy (non-hydrogen) atoms. The smallest absolute Gasteiger partial charge is 0.414 e. The molecule has 5 rings (SSSR count). The highest BCUT2D eigenvalue weighted by atomic mass is 19.1. The second-order valence-corrected chi connectivity index (χ2v) is 9.72. The average Bonchev–Trinajstić information content (AvgIpc) is 3.21. The van der Waals surface area contributed by atoms with Gasteiger partial charge in [0.2, 0.25) is 0 Å². The zero-order valence-electron chi connectivity index (χ0n) is 20.0. The number of methoxy groups -OCH3 is 1. The number of carboxylic acid groups (broad SMARTS) is 1. The molecule has 184 valence electrons. The Morgan fingerprint density at radius 1 is 1.20 bits per heavy atom. The van der Waals surface area contributed by atoms with Gasteiger partial charge in [-0.2, -0.15) is 0 Å². The lowest BCUT2D eigenvalue weighted by Gasteiger charge is -2.34. The van der Waals surface area contributed by atoms with E-state index in [1.54, 1.807) is 11.0 Å². The molecule has 1 fully saturated rings. The van der Waals surface area contributed by atoms with Crippen molar-refractivity contribution in [3.63, 3.8) is 0 Å². The number of halogens is 1. The first-order valence-corrected chi connectivity index (χ1v) is 12.2. The van der Waals surface area contributed by atoms with Gasteiger partial charge in [0.15, 0.2) is 0 Å². The van der Waals surface area contributed by atoms with Crippen LogP contribution in [0.1, 0.15) is 62.0 Å². The van der Waals surface area contributed by atoms with Crippen LogP contribution >= 0.6 is 0 Å². The molecule has 0 saturated heterocycles. The maximum atomic E-state index is 13.9. The van der Waals surface area contributed by atoms with Crippen molar-refractivity contribution in [2.45, 2.75) is 64.0 Å². The number of carbonyl (C=O) groups excluding carboxylic acids is 1. The van der Waals surface area contributed by atoms with E-state index in [9.17, 15) is 19.1 Å². The maximum Gasteiger partial charge on any atom is 0.414 e. The Hall–Kier alpha value is -3.42. The molecule has 1 aromatic heterocycles. The van der Waals surface area contributed by atoms with Crippen molar-refractivity contribution in [1.29, 1.82) is 0 Å². The molecular weight excluding hydrogens is 449 g/mol. The first-order chi connectivity index (χ1) is 16.9. The predicted octanol–water partition coefficient (Wildman–Crippen LogP) is 5.49. The number of anilines is 1. The zero-order valence-corrected chi connectivity index (χ0v) is 20.0. The zero-order chi connectivity index (χ0) is 24.7.